The van der Waals surface area contributed by atoms with Crippen molar-refractivity contribution in [1.29, 1.82) is 0 Å². The monoisotopic (exact) mass is 371 g/mol. The highest BCUT2D eigenvalue weighted by atomic mass is 16.5. The van der Waals surface area contributed by atoms with Gasteiger partial charge in [0, 0.05) is 26.1 Å². The molecule has 1 amide bonds. The van der Waals surface area contributed by atoms with Crippen molar-refractivity contribution < 1.29 is 9.53 Å². The van der Waals surface area contributed by atoms with E-state index in [4.69, 9.17) is 4.74 Å². The minimum absolute atomic E-state index is 0.127. The maximum Gasteiger partial charge on any atom is 0.326 e. The van der Waals surface area contributed by atoms with Crippen LogP contribution >= 0.6 is 0 Å². The fraction of sp³-hybridized carbons (Fsp3) is 0.619. The number of imidazole rings is 1. The van der Waals surface area contributed by atoms with Crippen LogP contribution in [0.5, 0.6) is 0 Å². The Morgan fingerprint density at radius 3 is 2.85 bits per heavy atom. The SMILES string of the molecule is CCCC[C@@H]1CN(C(=O)CCn2c(=O)[nH]c3ccccc32)C[C@H](C2CC2)O1. The molecule has 1 N–H and O–H groups in total. The Kier molecular flexibility index (Phi) is 5.34. The van der Waals surface area contributed by atoms with E-state index in [0.717, 1.165) is 30.3 Å². The first-order valence-corrected chi connectivity index (χ1v) is 10.3. The summed E-state index contributed by atoms with van der Waals surface area (Å²) in [5, 5.41) is 0. The van der Waals surface area contributed by atoms with Crippen LogP contribution in [0.2, 0.25) is 0 Å². The topological polar surface area (TPSA) is 67.3 Å². The number of nitrogens with one attached hydrogen (secondary N) is 1. The summed E-state index contributed by atoms with van der Waals surface area (Å²) in [6.45, 7) is 3.98. The second-order valence-corrected chi connectivity index (χ2v) is 7.92. The summed E-state index contributed by atoms with van der Waals surface area (Å²) in [5.41, 5.74) is 1.52. The van der Waals surface area contributed by atoms with E-state index in [0.29, 0.717) is 32.0 Å². The Bertz CT molecular complexity index is 852. The van der Waals surface area contributed by atoms with Gasteiger partial charge in [-0.05, 0) is 37.3 Å². The maximum absolute atomic E-state index is 12.9. The standard InChI is InChI=1S/C21H29N3O3/c1-2-3-6-16-13-23(14-19(27-16)15-9-10-15)20(25)11-12-24-18-8-5-4-7-17(18)22-21(24)26/h4-5,7-8,15-16,19H,2-3,6,9-14H2,1H3,(H,22,26)/t16-,19-/m1/s1. The molecule has 2 aromatic rings. The molecule has 1 aromatic carbocycles. The van der Waals surface area contributed by atoms with Gasteiger partial charge in [0.1, 0.15) is 0 Å². The predicted octanol–water partition coefficient (Wildman–Crippen LogP) is 2.92. The summed E-state index contributed by atoms with van der Waals surface area (Å²) in [6, 6.07) is 7.61. The van der Waals surface area contributed by atoms with E-state index in [2.05, 4.69) is 11.9 Å². The number of aryl methyl sites for hydroxylation is 1. The number of morpholine rings is 1. The van der Waals surface area contributed by atoms with Crippen molar-refractivity contribution in [1.82, 2.24) is 14.5 Å². The number of ether oxygens (including phenoxy) is 1. The van der Waals surface area contributed by atoms with E-state index in [1.165, 1.54) is 12.8 Å². The Labute approximate surface area is 159 Å². The molecule has 4 rings (SSSR count). The molecule has 1 aliphatic carbocycles. The molecule has 0 spiro atoms. The van der Waals surface area contributed by atoms with Gasteiger partial charge < -0.3 is 14.6 Å². The summed E-state index contributed by atoms with van der Waals surface area (Å²) in [7, 11) is 0. The molecule has 27 heavy (non-hydrogen) atoms. The van der Waals surface area contributed by atoms with Crippen molar-refractivity contribution in [2.24, 2.45) is 5.92 Å². The molecular formula is C21H29N3O3. The van der Waals surface area contributed by atoms with Crippen LogP contribution in [0, 0.1) is 5.92 Å². The lowest BCUT2D eigenvalue weighted by atomic mass is 10.1. The number of nitrogens with zero attached hydrogens (tertiary/aromatic N) is 2. The molecule has 2 fully saturated rings. The third-order valence-corrected chi connectivity index (χ3v) is 5.80. The van der Waals surface area contributed by atoms with Crippen LogP contribution in [0.4, 0.5) is 0 Å². The third kappa shape index (κ3) is 4.10. The molecule has 146 valence electrons. The zero-order chi connectivity index (χ0) is 18.8. The Hall–Kier alpha value is -2.08. The van der Waals surface area contributed by atoms with E-state index < -0.39 is 0 Å². The predicted molar refractivity (Wildman–Crippen MR) is 105 cm³/mol. The molecule has 2 atom stereocenters. The second-order valence-electron chi connectivity index (χ2n) is 7.92. The van der Waals surface area contributed by atoms with Gasteiger partial charge in [0.05, 0.1) is 23.2 Å². The highest BCUT2D eigenvalue weighted by molar-refractivity contribution is 5.77. The summed E-state index contributed by atoms with van der Waals surface area (Å²) in [5.74, 6) is 0.753. The van der Waals surface area contributed by atoms with Gasteiger partial charge in [0.15, 0.2) is 0 Å². The Balaban J connectivity index is 1.41. The molecule has 0 radical (unpaired) electrons. The first kappa shape index (κ1) is 18.3. The van der Waals surface area contributed by atoms with Crippen molar-refractivity contribution in [2.75, 3.05) is 13.1 Å². The number of fused-ring (bicyclic) bond motifs is 1. The quantitative estimate of drug-likeness (QED) is 0.814. The van der Waals surface area contributed by atoms with Crippen LogP contribution in [0.1, 0.15) is 45.4 Å². The number of unbranched alkanes of at least 4 members (excludes halogenated alkanes) is 1. The van der Waals surface area contributed by atoms with E-state index in [1.807, 2.05) is 29.2 Å². The molecule has 6 nitrogen and oxygen atoms in total. The minimum Gasteiger partial charge on any atom is -0.371 e. The van der Waals surface area contributed by atoms with Crippen molar-refractivity contribution in [3.8, 4) is 0 Å². The molecule has 6 heteroatoms. The molecule has 1 saturated carbocycles. The van der Waals surface area contributed by atoms with Gasteiger partial charge >= 0.3 is 5.69 Å². The lowest BCUT2D eigenvalue weighted by Gasteiger charge is -2.38. The normalized spacial score (nSPS) is 23.1. The largest absolute Gasteiger partial charge is 0.371 e. The van der Waals surface area contributed by atoms with Crippen molar-refractivity contribution in [3.05, 3.63) is 34.7 Å². The van der Waals surface area contributed by atoms with Gasteiger partial charge in [-0.1, -0.05) is 31.9 Å². The molecule has 2 aliphatic rings. The first-order chi connectivity index (χ1) is 13.2. The average Bonchev–Trinajstić information content (AvgIpc) is 3.48. The number of para-hydroxylation sites is 2. The van der Waals surface area contributed by atoms with Gasteiger partial charge in [-0.15, -0.1) is 0 Å². The Morgan fingerprint density at radius 1 is 1.26 bits per heavy atom. The summed E-state index contributed by atoms with van der Waals surface area (Å²) < 4.78 is 7.93. The molecular weight excluding hydrogens is 342 g/mol. The smallest absolute Gasteiger partial charge is 0.326 e. The number of rotatable bonds is 7. The van der Waals surface area contributed by atoms with Crippen LogP contribution in [0.15, 0.2) is 29.1 Å². The molecule has 0 unspecified atom stereocenters. The summed E-state index contributed by atoms with van der Waals surface area (Å²) in [6.07, 6.45) is 6.44. The number of amides is 1. The van der Waals surface area contributed by atoms with Crippen molar-refractivity contribution >= 4 is 16.9 Å². The van der Waals surface area contributed by atoms with Crippen molar-refractivity contribution in [3.63, 3.8) is 0 Å². The van der Waals surface area contributed by atoms with Gasteiger partial charge in [0.25, 0.3) is 0 Å². The fourth-order valence-corrected chi connectivity index (χ4v) is 4.09. The number of aromatic nitrogens is 2. The number of carbonyl (C=O) groups excluding carboxylic acids is 1. The molecule has 0 bridgehead atoms. The number of aromatic amines is 1. The zero-order valence-corrected chi connectivity index (χ0v) is 16.0. The lowest BCUT2D eigenvalue weighted by Crippen LogP contribution is -2.51. The van der Waals surface area contributed by atoms with Crippen LogP contribution in [0.25, 0.3) is 11.0 Å². The maximum atomic E-state index is 12.9. The van der Waals surface area contributed by atoms with E-state index >= 15 is 0 Å². The number of benzene rings is 1. The van der Waals surface area contributed by atoms with Gasteiger partial charge in [-0.3, -0.25) is 9.36 Å². The third-order valence-electron chi connectivity index (χ3n) is 5.80. The highest BCUT2D eigenvalue weighted by Crippen LogP contribution is 2.37. The molecule has 1 aliphatic heterocycles. The number of hydrogen-bond donors (Lipinski definition) is 1. The summed E-state index contributed by atoms with van der Waals surface area (Å²) >= 11 is 0. The van der Waals surface area contributed by atoms with E-state index in [9.17, 15) is 9.59 Å². The van der Waals surface area contributed by atoms with Crippen LogP contribution in [0.3, 0.4) is 0 Å². The average molecular weight is 371 g/mol. The Morgan fingerprint density at radius 2 is 2.07 bits per heavy atom. The minimum atomic E-state index is -0.150. The van der Waals surface area contributed by atoms with Crippen LogP contribution in [-0.4, -0.2) is 45.7 Å². The van der Waals surface area contributed by atoms with Crippen molar-refractivity contribution in [2.45, 2.75) is 64.2 Å². The number of hydrogen-bond acceptors (Lipinski definition) is 3. The van der Waals surface area contributed by atoms with Gasteiger partial charge in [-0.25, -0.2) is 4.79 Å². The number of carbonyl (C=O) groups is 1. The van der Waals surface area contributed by atoms with Crippen LogP contribution < -0.4 is 5.69 Å². The van der Waals surface area contributed by atoms with Gasteiger partial charge in [-0.2, -0.15) is 0 Å². The second kappa shape index (κ2) is 7.89. The number of H-pyrrole nitrogens is 1. The molecule has 1 saturated heterocycles. The molecule has 1 aromatic heterocycles. The van der Waals surface area contributed by atoms with Gasteiger partial charge in [0.2, 0.25) is 5.91 Å². The fourth-order valence-electron chi connectivity index (χ4n) is 4.09. The summed E-state index contributed by atoms with van der Waals surface area (Å²) in [4.78, 5) is 29.9. The van der Waals surface area contributed by atoms with Crippen LogP contribution in [-0.2, 0) is 16.1 Å². The van der Waals surface area contributed by atoms with E-state index in [1.54, 1.807) is 4.57 Å². The first-order valence-electron chi connectivity index (χ1n) is 10.3. The molecule has 2 heterocycles. The van der Waals surface area contributed by atoms with E-state index in [-0.39, 0.29) is 23.8 Å². The highest BCUT2D eigenvalue weighted by Gasteiger charge is 2.39. The lowest BCUT2D eigenvalue weighted by molar-refractivity contribution is -0.148. The zero-order valence-electron chi connectivity index (χ0n) is 16.0.